The normalized spacial score (nSPS) is 14.9. The molecule has 3 nitrogen and oxygen atoms in total. The Morgan fingerprint density at radius 1 is 1.41 bits per heavy atom. The average molecular weight is 232 g/mol. The number of nitrogens with two attached hydrogens (primary N) is 1. The molecule has 0 fully saturated rings. The Kier molecular flexibility index (Phi) is 2.96. The fourth-order valence-electron chi connectivity index (χ4n) is 2.24. The van der Waals surface area contributed by atoms with Crippen molar-refractivity contribution in [1.82, 2.24) is 0 Å². The average Bonchev–Trinajstić information content (AvgIpc) is 2.69. The molecule has 2 N–H and O–H groups in total. The van der Waals surface area contributed by atoms with Gasteiger partial charge in [-0.05, 0) is 29.0 Å². The standard InChI is InChI=1S/C14H20N2O/c1-14(2,3)11-4-5-12-10(8-11)6-7-16(12)13(17)9-15/h4-5,8H,6-7,9,15H2,1-3H3. The first-order valence-electron chi connectivity index (χ1n) is 6.07. The first-order chi connectivity index (χ1) is 7.93. The highest BCUT2D eigenvalue weighted by Crippen LogP contribution is 2.32. The van der Waals surface area contributed by atoms with Gasteiger partial charge < -0.3 is 10.6 Å². The predicted octanol–water partition coefficient (Wildman–Crippen LogP) is 1.83. The van der Waals surface area contributed by atoms with Crippen molar-refractivity contribution in [2.45, 2.75) is 32.6 Å². The van der Waals surface area contributed by atoms with Crippen molar-refractivity contribution in [2.75, 3.05) is 18.0 Å². The monoisotopic (exact) mass is 232 g/mol. The van der Waals surface area contributed by atoms with Gasteiger partial charge in [-0.15, -0.1) is 0 Å². The van der Waals surface area contributed by atoms with E-state index in [4.69, 9.17) is 5.73 Å². The molecular weight excluding hydrogens is 212 g/mol. The molecule has 0 saturated heterocycles. The molecule has 3 heteroatoms. The Labute approximate surface area is 103 Å². The lowest BCUT2D eigenvalue weighted by Crippen LogP contribution is -2.34. The maximum atomic E-state index is 11.7. The number of carbonyl (C=O) groups excluding carboxylic acids is 1. The molecule has 1 aromatic carbocycles. The molecule has 1 aliphatic heterocycles. The minimum atomic E-state index is 0.00672. The van der Waals surface area contributed by atoms with Crippen LogP contribution in [0.25, 0.3) is 0 Å². The molecule has 92 valence electrons. The second kappa shape index (κ2) is 4.15. The second-order valence-electron chi connectivity index (χ2n) is 5.59. The van der Waals surface area contributed by atoms with Crippen molar-refractivity contribution in [1.29, 1.82) is 0 Å². The van der Waals surface area contributed by atoms with Crippen molar-refractivity contribution in [3.05, 3.63) is 29.3 Å². The van der Waals surface area contributed by atoms with E-state index < -0.39 is 0 Å². The number of anilines is 1. The number of amides is 1. The number of carbonyl (C=O) groups is 1. The van der Waals surface area contributed by atoms with Crippen molar-refractivity contribution in [3.8, 4) is 0 Å². The topological polar surface area (TPSA) is 46.3 Å². The van der Waals surface area contributed by atoms with E-state index in [9.17, 15) is 4.79 Å². The molecular formula is C14H20N2O. The van der Waals surface area contributed by atoms with Gasteiger partial charge in [0.05, 0.1) is 6.54 Å². The summed E-state index contributed by atoms with van der Waals surface area (Å²) in [7, 11) is 0. The molecule has 0 spiro atoms. The molecule has 0 atom stereocenters. The van der Waals surface area contributed by atoms with Crippen LogP contribution < -0.4 is 10.6 Å². The molecule has 1 heterocycles. The predicted molar refractivity (Wildman–Crippen MR) is 70.3 cm³/mol. The molecule has 0 unspecified atom stereocenters. The first-order valence-corrected chi connectivity index (χ1v) is 6.07. The lowest BCUT2D eigenvalue weighted by molar-refractivity contribution is -0.117. The van der Waals surface area contributed by atoms with E-state index in [1.165, 1.54) is 11.1 Å². The van der Waals surface area contributed by atoms with Crippen LogP contribution in [0.4, 0.5) is 5.69 Å². The fourth-order valence-corrected chi connectivity index (χ4v) is 2.24. The molecule has 0 saturated carbocycles. The van der Waals surface area contributed by atoms with E-state index in [1.807, 2.05) is 0 Å². The zero-order chi connectivity index (χ0) is 12.6. The van der Waals surface area contributed by atoms with Gasteiger partial charge in [-0.3, -0.25) is 4.79 Å². The van der Waals surface area contributed by atoms with E-state index in [1.54, 1.807) is 4.90 Å². The molecule has 1 amide bonds. The molecule has 1 aromatic rings. The number of hydrogen-bond acceptors (Lipinski definition) is 2. The van der Waals surface area contributed by atoms with Gasteiger partial charge in [0.2, 0.25) is 5.91 Å². The van der Waals surface area contributed by atoms with Gasteiger partial charge >= 0.3 is 0 Å². The number of hydrogen-bond donors (Lipinski definition) is 1. The summed E-state index contributed by atoms with van der Waals surface area (Å²) in [6.45, 7) is 7.45. The van der Waals surface area contributed by atoms with Crippen molar-refractivity contribution in [3.63, 3.8) is 0 Å². The van der Waals surface area contributed by atoms with Crippen LogP contribution in [0.1, 0.15) is 31.9 Å². The van der Waals surface area contributed by atoms with E-state index in [-0.39, 0.29) is 17.9 Å². The summed E-state index contributed by atoms with van der Waals surface area (Å²) < 4.78 is 0. The van der Waals surface area contributed by atoms with Crippen LogP contribution >= 0.6 is 0 Å². The van der Waals surface area contributed by atoms with Gasteiger partial charge in [0.1, 0.15) is 0 Å². The van der Waals surface area contributed by atoms with E-state index in [2.05, 4.69) is 39.0 Å². The molecule has 2 rings (SSSR count). The summed E-state index contributed by atoms with van der Waals surface area (Å²) in [5.41, 5.74) is 9.19. The summed E-state index contributed by atoms with van der Waals surface area (Å²) in [4.78, 5) is 13.5. The van der Waals surface area contributed by atoms with Crippen molar-refractivity contribution < 1.29 is 4.79 Å². The highest BCUT2D eigenvalue weighted by molar-refractivity contribution is 5.96. The number of fused-ring (bicyclic) bond motifs is 1. The van der Waals surface area contributed by atoms with Gasteiger partial charge in [-0.1, -0.05) is 32.9 Å². The van der Waals surface area contributed by atoms with E-state index in [0.29, 0.717) is 0 Å². The maximum absolute atomic E-state index is 11.7. The molecule has 0 radical (unpaired) electrons. The minimum Gasteiger partial charge on any atom is -0.322 e. The van der Waals surface area contributed by atoms with Crippen LogP contribution in [0.15, 0.2) is 18.2 Å². The number of benzene rings is 1. The summed E-state index contributed by atoms with van der Waals surface area (Å²) in [6, 6.07) is 6.39. The van der Waals surface area contributed by atoms with Gasteiger partial charge in [0.15, 0.2) is 0 Å². The van der Waals surface area contributed by atoms with Crippen molar-refractivity contribution in [2.24, 2.45) is 5.73 Å². The molecule has 0 aromatic heterocycles. The summed E-state index contributed by atoms with van der Waals surface area (Å²) in [5, 5.41) is 0. The zero-order valence-corrected chi connectivity index (χ0v) is 10.8. The van der Waals surface area contributed by atoms with E-state index in [0.717, 1.165) is 18.7 Å². The lowest BCUT2D eigenvalue weighted by atomic mass is 9.86. The zero-order valence-electron chi connectivity index (χ0n) is 10.8. The molecule has 0 bridgehead atoms. The van der Waals surface area contributed by atoms with Crippen LogP contribution in [-0.2, 0) is 16.6 Å². The Morgan fingerprint density at radius 2 is 2.12 bits per heavy atom. The van der Waals surface area contributed by atoms with Gasteiger partial charge in [0, 0.05) is 12.2 Å². The van der Waals surface area contributed by atoms with Crippen LogP contribution in [0.2, 0.25) is 0 Å². The summed E-state index contributed by atoms with van der Waals surface area (Å²) >= 11 is 0. The third-order valence-electron chi connectivity index (χ3n) is 3.32. The third kappa shape index (κ3) is 2.20. The third-order valence-corrected chi connectivity index (χ3v) is 3.32. The Balaban J connectivity index is 2.35. The van der Waals surface area contributed by atoms with Gasteiger partial charge in [-0.25, -0.2) is 0 Å². The highest BCUT2D eigenvalue weighted by Gasteiger charge is 2.25. The largest absolute Gasteiger partial charge is 0.322 e. The smallest absolute Gasteiger partial charge is 0.240 e. The van der Waals surface area contributed by atoms with Gasteiger partial charge in [-0.2, -0.15) is 0 Å². The Bertz CT molecular complexity index is 446. The molecule has 1 aliphatic rings. The van der Waals surface area contributed by atoms with Crippen LogP contribution in [0.3, 0.4) is 0 Å². The molecule has 0 aliphatic carbocycles. The summed E-state index contributed by atoms with van der Waals surface area (Å²) in [5.74, 6) is 0.00672. The first kappa shape index (κ1) is 12.1. The van der Waals surface area contributed by atoms with Crippen molar-refractivity contribution >= 4 is 11.6 Å². The van der Waals surface area contributed by atoms with Crippen LogP contribution in [0.5, 0.6) is 0 Å². The van der Waals surface area contributed by atoms with Gasteiger partial charge in [0.25, 0.3) is 0 Å². The summed E-state index contributed by atoms with van der Waals surface area (Å²) in [6.07, 6.45) is 0.936. The minimum absolute atomic E-state index is 0.00672. The Hall–Kier alpha value is -1.35. The quantitative estimate of drug-likeness (QED) is 0.803. The second-order valence-corrected chi connectivity index (χ2v) is 5.59. The Morgan fingerprint density at radius 3 is 2.71 bits per heavy atom. The van der Waals surface area contributed by atoms with E-state index >= 15 is 0 Å². The SMILES string of the molecule is CC(C)(C)c1ccc2c(c1)CCN2C(=O)CN. The fraction of sp³-hybridized carbons (Fsp3) is 0.500. The molecule has 17 heavy (non-hydrogen) atoms. The number of nitrogens with zero attached hydrogens (tertiary/aromatic N) is 1. The van der Waals surface area contributed by atoms with Crippen LogP contribution in [-0.4, -0.2) is 19.0 Å². The van der Waals surface area contributed by atoms with Crippen LogP contribution in [0, 0.1) is 0 Å². The number of rotatable bonds is 1. The maximum Gasteiger partial charge on any atom is 0.240 e. The lowest BCUT2D eigenvalue weighted by Gasteiger charge is -2.21. The highest BCUT2D eigenvalue weighted by atomic mass is 16.2.